The number of ketones is 1. The number of aryl methyl sites for hydroxylation is 1. The Hall–Kier alpha value is -2.22. The second kappa shape index (κ2) is 8.65. The summed E-state index contributed by atoms with van der Waals surface area (Å²) in [7, 11) is -3.70. The first-order valence-electron chi connectivity index (χ1n) is 9.36. The number of nitrogens with one attached hydrogen (secondary N) is 1. The topological polar surface area (TPSA) is 83.6 Å². The van der Waals surface area contributed by atoms with Crippen LogP contribution in [0.5, 0.6) is 0 Å². The summed E-state index contributed by atoms with van der Waals surface area (Å²) in [5.74, 6) is -0.568. The number of carbonyl (C=O) groups excluding carboxylic acids is 2. The standard InChI is InChI=1S/C21H23ClN2O4S/c1-14-12-18(22)6-7-20(14)23-21(26)16-8-10-24(11-9-16)29(27,28)19-5-3-4-17(13-19)15(2)25/h3-7,12-13,16H,8-11H2,1-2H3,(H,23,26). The first-order valence-corrected chi connectivity index (χ1v) is 11.2. The minimum Gasteiger partial charge on any atom is -0.326 e. The highest BCUT2D eigenvalue weighted by atomic mass is 35.5. The Balaban J connectivity index is 1.65. The molecule has 0 atom stereocenters. The lowest BCUT2D eigenvalue weighted by Gasteiger charge is -2.30. The van der Waals surface area contributed by atoms with Gasteiger partial charge in [-0.25, -0.2) is 8.42 Å². The van der Waals surface area contributed by atoms with Gasteiger partial charge in [0, 0.05) is 35.3 Å². The quantitative estimate of drug-likeness (QED) is 0.723. The van der Waals surface area contributed by atoms with E-state index in [1.54, 1.807) is 30.3 Å². The molecule has 0 aromatic heterocycles. The third-order valence-electron chi connectivity index (χ3n) is 5.15. The van der Waals surface area contributed by atoms with Gasteiger partial charge in [0.1, 0.15) is 0 Å². The molecule has 2 aromatic carbocycles. The van der Waals surface area contributed by atoms with Crippen molar-refractivity contribution in [3.8, 4) is 0 Å². The summed E-state index contributed by atoms with van der Waals surface area (Å²) in [4.78, 5) is 24.3. The van der Waals surface area contributed by atoms with E-state index in [2.05, 4.69) is 5.32 Å². The van der Waals surface area contributed by atoms with E-state index >= 15 is 0 Å². The third kappa shape index (κ3) is 4.86. The molecule has 29 heavy (non-hydrogen) atoms. The van der Waals surface area contributed by atoms with E-state index in [1.807, 2.05) is 6.92 Å². The highest BCUT2D eigenvalue weighted by Gasteiger charge is 2.32. The van der Waals surface area contributed by atoms with Crippen LogP contribution in [0.15, 0.2) is 47.4 Å². The second-order valence-electron chi connectivity index (χ2n) is 7.21. The number of sulfonamides is 1. The van der Waals surface area contributed by atoms with Crippen molar-refractivity contribution in [3.05, 3.63) is 58.6 Å². The zero-order chi connectivity index (χ0) is 21.2. The summed E-state index contributed by atoms with van der Waals surface area (Å²) in [6.07, 6.45) is 0.869. The summed E-state index contributed by atoms with van der Waals surface area (Å²) >= 11 is 5.94. The van der Waals surface area contributed by atoms with Gasteiger partial charge in [-0.05, 0) is 62.6 Å². The number of halogens is 1. The SMILES string of the molecule is CC(=O)c1cccc(S(=O)(=O)N2CCC(C(=O)Nc3ccc(Cl)cc3C)CC2)c1. The molecular formula is C21H23ClN2O4S. The normalized spacial score (nSPS) is 15.8. The van der Waals surface area contributed by atoms with E-state index in [0.29, 0.717) is 29.1 Å². The molecule has 8 heteroatoms. The van der Waals surface area contributed by atoms with E-state index in [1.165, 1.54) is 23.4 Å². The molecule has 1 aliphatic rings. The van der Waals surface area contributed by atoms with Crippen LogP contribution in [0, 0.1) is 12.8 Å². The molecule has 0 spiro atoms. The predicted molar refractivity (Wildman–Crippen MR) is 113 cm³/mol. The molecule has 1 N–H and O–H groups in total. The molecule has 0 saturated carbocycles. The van der Waals surface area contributed by atoms with Crippen molar-refractivity contribution in [1.82, 2.24) is 4.31 Å². The molecule has 1 saturated heterocycles. The van der Waals surface area contributed by atoms with Gasteiger partial charge in [0.15, 0.2) is 5.78 Å². The van der Waals surface area contributed by atoms with Gasteiger partial charge in [-0.1, -0.05) is 23.7 Å². The second-order valence-corrected chi connectivity index (χ2v) is 9.59. The number of amides is 1. The molecule has 0 aliphatic carbocycles. The molecule has 1 fully saturated rings. The number of hydrogen-bond donors (Lipinski definition) is 1. The van der Waals surface area contributed by atoms with Crippen LogP contribution in [-0.2, 0) is 14.8 Å². The van der Waals surface area contributed by atoms with Gasteiger partial charge in [-0.3, -0.25) is 9.59 Å². The van der Waals surface area contributed by atoms with Crippen molar-refractivity contribution >= 4 is 39.0 Å². The summed E-state index contributed by atoms with van der Waals surface area (Å²) in [6.45, 7) is 3.78. The summed E-state index contributed by atoms with van der Waals surface area (Å²) in [6, 6.07) is 11.3. The van der Waals surface area contributed by atoms with Crippen LogP contribution in [0.1, 0.15) is 35.7 Å². The van der Waals surface area contributed by atoms with Crippen molar-refractivity contribution in [1.29, 1.82) is 0 Å². The Labute approximate surface area is 175 Å². The Morgan fingerprint density at radius 2 is 1.79 bits per heavy atom. The third-order valence-corrected chi connectivity index (χ3v) is 7.28. The zero-order valence-corrected chi connectivity index (χ0v) is 17.9. The number of anilines is 1. The monoisotopic (exact) mass is 434 g/mol. The van der Waals surface area contributed by atoms with Gasteiger partial charge in [-0.2, -0.15) is 4.31 Å². The molecular weight excluding hydrogens is 412 g/mol. The molecule has 0 radical (unpaired) electrons. The van der Waals surface area contributed by atoms with Crippen molar-refractivity contribution in [2.45, 2.75) is 31.6 Å². The van der Waals surface area contributed by atoms with Gasteiger partial charge in [-0.15, -0.1) is 0 Å². The number of benzene rings is 2. The maximum atomic E-state index is 12.9. The van der Waals surface area contributed by atoms with Crippen LogP contribution in [0.2, 0.25) is 5.02 Å². The van der Waals surface area contributed by atoms with Crippen LogP contribution in [0.4, 0.5) is 5.69 Å². The average molecular weight is 435 g/mol. The minimum atomic E-state index is -3.70. The summed E-state index contributed by atoms with van der Waals surface area (Å²) in [5.41, 5.74) is 1.94. The molecule has 0 bridgehead atoms. The van der Waals surface area contributed by atoms with E-state index in [9.17, 15) is 18.0 Å². The van der Waals surface area contributed by atoms with Gasteiger partial charge in [0.2, 0.25) is 15.9 Å². The van der Waals surface area contributed by atoms with Crippen molar-refractivity contribution < 1.29 is 18.0 Å². The lowest BCUT2D eigenvalue weighted by atomic mass is 9.97. The summed E-state index contributed by atoms with van der Waals surface area (Å²) < 4.78 is 27.2. The highest BCUT2D eigenvalue weighted by Crippen LogP contribution is 2.26. The molecule has 3 rings (SSSR count). The smallest absolute Gasteiger partial charge is 0.243 e. The Bertz CT molecular complexity index is 1040. The van der Waals surface area contributed by atoms with Crippen molar-refractivity contribution in [2.24, 2.45) is 5.92 Å². The molecule has 1 aliphatic heterocycles. The van der Waals surface area contributed by atoms with Gasteiger partial charge in [0.05, 0.1) is 4.90 Å². The Morgan fingerprint density at radius 3 is 2.41 bits per heavy atom. The fraction of sp³-hybridized carbons (Fsp3) is 0.333. The van der Waals surface area contributed by atoms with E-state index < -0.39 is 10.0 Å². The minimum absolute atomic E-state index is 0.102. The van der Waals surface area contributed by atoms with Crippen LogP contribution < -0.4 is 5.32 Å². The van der Waals surface area contributed by atoms with Gasteiger partial charge < -0.3 is 5.32 Å². The van der Waals surface area contributed by atoms with Crippen molar-refractivity contribution in [2.75, 3.05) is 18.4 Å². The summed E-state index contributed by atoms with van der Waals surface area (Å²) in [5, 5.41) is 3.51. The fourth-order valence-electron chi connectivity index (χ4n) is 3.39. The van der Waals surface area contributed by atoms with E-state index in [0.717, 1.165) is 5.56 Å². The first kappa shape index (κ1) is 21.5. The molecule has 1 amide bonds. The number of carbonyl (C=O) groups is 2. The Morgan fingerprint density at radius 1 is 1.10 bits per heavy atom. The van der Waals surface area contributed by atoms with Gasteiger partial charge >= 0.3 is 0 Å². The predicted octanol–water partition coefficient (Wildman–Crippen LogP) is 3.89. The van der Waals surface area contributed by atoms with Crippen LogP contribution >= 0.6 is 11.6 Å². The van der Waals surface area contributed by atoms with Crippen LogP contribution in [-0.4, -0.2) is 37.5 Å². The zero-order valence-electron chi connectivity index (χ0n) is 16.3. The number of rotatable bonds is 5. The Kier molecular flexibility index (Phi) is 6.41. The average Bonchev–Trinajstić information content (AvgIpc) is 2.70. The molecule has 154 valence electrons. The largest absolute Gasteiger partial charge is 0.326 e. The number of nitrogens with zero attached hydrogens (tertiary/aromatic N) is 1. The maximum Gasteiger partial charge on any atom is 0.243 e. The van der Waals surface area contributed by atoms with Crippen molar-refractivity contribution in [3.63, 3.8) is 0 Å². The van der Waals surface area contributed by atoms with E-state index in [4.69, 9.17) is 11.6 Å². The first-order chi connectivity index (χ1) is 13.7. The maximum absolute atomic E-state index is 12.9. The van der Waals surface area contributed by atoms with Crippen LogP contribution in [0.3, 0.4) is 0 Å². The van der Waals surface area contributed by atoms with E-state index in [-0.39, 0.29) is 35.6 Å². The number of Topliss-reactive ketones (excluding diaryl/α,β-unsaturated/α-hetero) is 1. The molecule has 2 aromatic rings. The number of piperidine rings is 1. The molecule has 6 nitrogen and oxygen atoms in total. The van der Waals surface area contributed by atoms with Crippen LogP contribution in [0.25, 0.3) is 0 Å². The highest BCUT2D eigenvalue weighted by molar-refractivity contribution is 7.89. The lowest BCUT2D eigenvalue weighted by molar-refractivity contribution is -0.120. The fourth-order valence-corrected chi connectivity index (χ4v) is 5.13. The molecule has 0 unspecified atom stereocenters. The van der Waals surface area contributed by atoms with Gasteiger partial charge in [0.25, 0.3) is 0 Å². The lowest BCUT2D eigenvalue weighted by Crippen LogP contribution is -2.41. The number of hydrogen-bond acceptors (Lipinski definition) is 4. The molecule has 1 heterocycles.